The van der Waals surface area contributed by atoms with E-state index in [1.807, 2.05) is 26.6 Å². The van der Waals surface area contributed by atoms with E-state index < -0.39 is 5.37 Å². The van der Waals surface area contributed by atoms with Crippen LogP contribution in [0, 0.1) is 0 Å². The second-order valence-electron chi connectivity index (χ2n) is 3.24. The number of halogens is 1. The quantitative estimate of drug-likeness (QED) is 0.227. The Morgan fingerprint density at radius 1 is 1.55 bits per heavy atom. The van der Waals surface area contributed by atoms with Crippen molar-refractivity contribution in [2.24, 2.45) is 0 Å². The molecule has 0 bridgehead atoms. The van der Waals surface area contributed by atoms with Crippen LogP contribution in [0.3, 0.4) is 0 Å². The van der Waals surface area contributed by atoms with Gasteiger partial charge in [0.05, 0.1) is 21.1 Å². The molecule has 4 nitrogen and oxygen atoms in total. The number of quaternary nitrogens is 1. The Morgan fingerprint density at radius 3 is 2.45 bits per heavy atom. The summed E-state index contributed by atoms with van der Waals surface area (Å²) in [4.78, 5) is 14.8. The van der Waals surface area contributed by atoms with Crippen LogP contribution in [0.4, 0.5) is 4.79 Å². The van der Waals surface area contributed by atoms with Crippen molar-refractivity contribution >= 4 is 17.0 Å². The third kappa shape index (κ3) is 9.68. The van der Waals surface area contributed by atoms with Gasteiger partial charge in [0, 0.05) is 0 Å². The van der Waals surface area contributed by atoms with Gasteiger partial charge >= 0.3 is 5.37 Å². The minimum Gasteiger partial charge on any atom is -0.329 e. The Bertz CT molecular complexity index is 133. The third-order valence-electron chi connectivity index (χ3n) is 1.02. The van der Waals surface area contributed by atoms with Crippen LogP contribution in [0.5, 0.6) is 0 Å². The zero-order chi connectivity index (χ0) is 8.91. The van der Waals surface area contributed by atoms with E-state index in [1.165, 1.54) is 0 Å². The smallest absolute Gasteiger partial charge is 0.329 e. The van der Waals surface area contributed by atoms with E-state index in [-0.39, 0.29) is 0 Å². The number of hydrogen-bond acceptors (Lipinski definition) is 2. The summed E-state index contributed by atoms with van der Waals surface area (Å²) in [5.74, 6) is 0. The summed E-state index contributed by atoms with van der Waals surface area (Å²) in [6.45, 7) is 1.28. The lowest BCUT2D eigenvalue weighted by molar-refractivity contribution is -0.870. The predicted molar refractivity (Wildman–Crippen MR) is 43.2 cm³/mol. The van der Waals surface area contributed by atoms with Gasteiger partial charge in [-0.15, -0.1) is 0 Å². The lowest BCUT2D eigenvalue weighted by atomic mass is 10.5. The molecule has 0 aliphatic heterocycles. The predicted octanol–water partition coefficient (Wildman–Crippen LogP) is 0.573. The fourth-order valence-corrected chi connectivity index (χ4v) is 0.482. The molecular weight excluding hydrogens is 168 g/mol. The van der Waals surface area contributed by atoms with Crippen molar-refractivity contribution in [3.05, 3.63) is 0 Å². The highest BCUT2D eigenvalue weighted by atomic mass is 35.5. The minimum absolute atomic E-state index is 0.460. The summed E-state index contributed by atoms with van der Waals surface area (Å²) in [7, 11) is 6.10. The minimum atomic E-state index is -0.689. The molecule has 0 aliphatic rings. The van der Waals surface area contributed by atoms with E-state index >= 15 is 0 Å². The summed E-state index contributed by atoms with van der Waals surface area (Å²) < 4.78 is 0.790. The molecule has 0 fully saturated rings. The first-order valence-electron chi connectivity index (χ1n) is 3.29. The number of rotatable bonds is 4. The number of nitrogens with zero attached hydrogens (tertiary/aromatic N) is 1. The van der Waals surface area contributed by atoms with E-state index in [0.717, 1.165) is 11.0 Å². The van der Waals surface area contributed by atoms with Crippen LogP contribution >= 0.6 is 11.6 Å². The Kier molecular flexibility index (Phi) is 4.40. The van der Waals surface area contributed by atoms with E-state index in [2.05, 4.69) is 0 Å². The second kappa shape index (κ2) is 4.54. The van der Waals surface area contributed by atoms with Gasteiger partial charge in [-0.2, -0.15) is 0 Å². The molecule has 0 unspecified atom stereocenters. The maximum atomic E-state index is 10.1. The van der Waals surface area contributed by atoms with Crippen LogP contribution in [-0.4, -0.2) is 44.1 Å². The van der Waals surface area contributed by atoms with Crippen LogP contribution in [0.25, 0.3) is 0 Å². The van der Waals surface area contributed by atoms with Gasteiger partial charge in [0.15, 0.2) is 0 Å². The zero-order valence-electron chi connectivity index (χ0n) is 7.06. The lowest BCUT2D eigenvalue weighted by Crippen LogP contribution is -2.38. The number of carbonyl (C=O) groups excluding carboxylic acids is 1. The first-order chi connectivity index (χ1) is 4.92. The van der Waals surface area contributed by atoms with Crippen LogP contribution in [0.1, 0.15) is 0 Å². The highest BCUT2D eigenvalue weighted by Crippen LogP contribution is 1.88. The SMILES string of the molecule is C[N+](C)(C)CCONC(=O)Cl. The number of carbonyl (C=O) groups is 1. The molecule has 0 aromatic carbocycles. The first kappa shape index (κ1) is 10.7. The standard InChI is InChI=1S/C6H13ClN2O2/c1-9(2,3)4-5-11-8-6(7)10/h4-5H2,1-3H3/p+1. The lowest BCUT2D eigenvalue weighted by Gasteiger charge is -2.23. The Balaban J connectivity index is 3.22. The van der Waals surface area contributed by atoms with Crippen molar-refractivity contribution < 1.29 is 14.1 Å². The van der Waals surface area contributed by atoms with Crippen LogP contribution < -0.4 is 5.48 Å². The van der Waals surface area contributed by atoms with Crippen molar-refractivity contribution in [2.45, 2.75) is 0 Å². The van der Waals surface area contributed by atoms with Gasteiger partial charge in [-0.1, -0.05) is 0 Å². The van der Waals surface area contributed by atoms with E-state index in [9.17, 15) is 4.79 Å². The number of amides is 1. The zero-order valence-corrected chi connectivity index (χ0v) is 7.81. The average Bonchev–Trinajstić information content (AvgIpc) is 1.78. The summed E-state index contributed by atoms with van der Waals surface area (Å²) in [5, 5.41) is -0.689. The molecule has 0 atom stereocenters. The van der Waals surface area contributed by atoms with Crippen molar-refractivity contribution in [1.82, 2.24) is 5.48 Å². The number of nitrogens with one attached hydrogen (secondary N) is 1. The van der Waals surface area contributed by atoms with E-state index in [4.69, 9.17) is 16.4 Å². The monoisotopic (exact) mass is 181 g/mol. The molecule has 5 heteroatoms. The van der Waals surface area contributed by atoms with E-state index in [1.54, 1.807) is 0 Å². The number of hydroxylamine groups is 1. The molecule has 0 saturated heterocycles. The molecular formula is C6H14ClN2O2+. The van der Waals surface area contributed by atoms with Gasteiger partial charge in [-0.3, -0.25) is 9.63 Å². The molecule has 0 aromatic heterocycles. The highest BCUT2D eigenvalue weighted by molar-refractivity contribution is 6.62. The van der Waals surface area contributed by atoms with Gasteiger partial charge < -0.3 is 4.48 Å². The Morgan fingerprint density at radius 2 is 2.09 bits per heavy atom. The molecule has 0 rings (SSSR count). The van der Waals surface area contributed by atoms with Crippen LogP contribution in [0.2, 0.25) is 0 Å². The van der Waals surface area contributed by atoms with Crippen molar-refractivity contribution in [1.29, 1.82) is 0 Å². The van der Waals surface area contributed by atoms with Gasteiger partial charge in [-0.25, -0.2) is 5.48 Å². The molecule has 1 amide bonds. The summed E-state index contributed by atoms with van der Waals surface area (Å²) in [5.41, 5.74) is 2.03. The summed E-state index contributed by atoms with van der Waals surface area (Å²) >= 11 is 4.95. The van der Waals surface area contributed by atoms with Crippen LogP contribution in [0.15, 0.2) is 0 Å². The molecule has 11 heavy (non-hydrogen) atoms. The number of hydrogen-bond donors (Lipinski definition) is 1. The normalized spacial score (nSPS) is 11.3. The Hall–Kier alpha value is -0.320. The van der Waals surface area contributed by atoms with Crippen molar-refractivity contribution in [2.75, 3.05) is 34.3 Å². The van der Waals surface area contributed by atoms with Crippen molar-refractivity contribution in [3.8, 4) is 0 Å². The molecule has 1 N–H and O–H groups in total. The topological polar surface area (TPSA) is 38.3 Å². The maximum absolute atomic E-state index is 10.1. The molecule has 0 aromatic rings. The fourth-order valence-electron chi connectivity index (χ4n) is 0.427. The highest BCUT2D eigenvalue weighted by Gasteiger charge is 2.05. The first-order valence-corrected chi connectivity index (χ1v) is 3.67. The summed E-state index contributed by atoms with van der Waals surface area (Å²) in [6, 6.07) is 0. The molecule has 66 valence electrons. The van der Waals surface area contributed by atoms with Gasteiger partial charge in [0.1, 0.15) is 13.2 Å². The molecule has 0 spiro atoms. The average molecular weight is 182 g/mol. The van der Waals surface area contributed by atoms with E-state index in [0.29, 0.717) is 6.61 Å². The van der Waals surface area contributed by atoms with Gasteiger partial charge in [-0.05, 0) is 11.6 Å². The maximum Gasteiger partial charge on any atom is 0.337 e. The Labute approximate surface area is 71.6 Å². The molecule has 0 saturated carbocycles. The van der Waals surface area contributed by atoms with Crippen molar-refractivity contribution in [3.63, 3.8) is 0 Å². The van der Waals surface area contributed by atoms with Gasteiger partial charge in [0.2, 0.25) is 0 Å². The molecule has 0 aliphatic carbocycles. The fraction of sp³-hybridized carbons (Fsp3) is 0.833. The number of likely N-dealkylation sites (N-methyl/N-ethyl adjacent to an activating group) is 1. The molecule has 0 heterocycles. The molecule has 0 radical (unpaired) electrons. The second-order valence-corrected chi connectivity index (χ2v) is 3.58. The van der Waals surface area contributed by atoms with Gasteiger partial charge in [0.25, 0.3) is 0 Å². The van der Waals surface area contributed by atoms with Crippen LogP contribution in [-0.2, 0) is 4.84 Å². The third-order valence-corrected chi connectivity index (χ3v) is 1.09. The summed E-state index contributed by atoms with van der Waals surface area (Å²) in [6.07, 6.45) is 0. The largest absolute Gasteiger partial charge is 0.337 e.